The zero-order valence-corrected chi connectivity index (χ0v) is 11.2. The molecule has 0 saturated carbocycles. The molecule has 0 spiro atoms. The van der Waals surface area contributed by atoms with E-state index in [1.54, 1.807) is 0 Å². The molecular formula is C11H20O5S. The number of carbonyl (C=O) groups excluding carboxylic acids is 1. The Morgan fingerprint density at radius 3 is 2.71 bits per heavy atom. The monoisotopic (exact) mass is 264 g/mol. The Kier molecular flexibility index (Phi) is 5.39. The van der Waals surface area contributed by atoms with Crippen molar-refractivity contribution in [3.8, 4) is 0 Å². The molecule has 6 heteroatoms. The lowest BCUT2D eigenvalue weighted by atomic mass is 10.1. The minimum atomic E-state index is -3.29. The highest BCUT2D eigenvalue weighted by Gasteiger charge is 2.28. The van der Waals surface area contributed by atoms with Crippen LogP contribution in [0.3, 0.4) is 0 Å². The molecule has 1 saturated heterocycles. The molecule has 1 fully saturated rings. The molecule has 1 aliphatic heterocycles. The van der Waals surface area contributed by atoms with Gasteiger partial charge in [0, 0.05) is 6.61 Å². The fourth-order valence-electron chi connectivity index (χ4n) is 1.81. The predicted molar refractivity (Wildman–Crippen MR) is 63.5 cm³/mol. The Balaban J connectivity index is 2.51. The van der Waals surface area contributed by atoms with Crippen molar-refractivity contribution in [2.24, 2.45) is 0 Å². The molecule has 0 aliphatic carbocycles. The van der Waals surface area contributed by atoms with Crippen LogP contribution in [0.4, 0.5) is 0 Å². The van der Waals surface area contributed by atoms with E-state index in [0.29, 0.717) is 6.61 Å². The minimum Gasteiger partial charge on any atom is -0.469 e. The fraction of sp³-hybridized carbons (Fsp3) is 0.909. The first kappa shape index (κ1) is 14.4. The van der Waals surface area contributed by atoms with E-state index in [2.05, 4.69) is 4.74 Å². The van der Waals surface area contributed by atoms with Crippen molar-refractivity contribution >= 4 is 15.8 Å². The second-order valence-corrected chi connectivity index (χ2v) is 6.87. The molecule has 0 aromatic rings. The Morgan fingerprint density at radius 1 is 1.47 bits per heavy atom. The van der Waals surface area contributed by atoms with E-state index in [4.69, 9.17) is 4.74 Å². The Labute approximate surface area is 102 Å². The highest BCUT2D eigenvalue weighted by Crippen LogP contribution is 2.17. The van der Waals surface area contributed by atoms with Gasteiger partial charge in [-0.15, -0.1) is 0 Å². The molecule has 0 amide bonds. The van der Waals surface area contributed by atoms with E-state index in [-0.39, 0.29) is 18.3 Å². The number of hydrogen-bond donors (Lipinski definition) is 0. The van der Waals surface area contributed by atoms with Crippen LogP contribution < -0.4 is 0 Å². The van der Waals surface area contributed by atoms with Crippen LogP contribution in [0.5, 0.6) is 0 Å². The van der Waals surface area contributed by atoms with Crippen LogP contribution in [-0.2, 0) is 24.1 Å². The molecule has 2 atom stereocenters. The summed E-state index contributed by atoms with van der Waals surface area (Å²) in [6, 6.07) is 0. The van der Waals surface area contributed by atoms with Gasteiger partial charge < -0.3 is 9.47 Å². The van der Waals surface area contributed by atoms with Crippen molar-refractivity contribution in [1.29, 1.82) is 0 Å². The molecule has 1 heterocycles. The van der Waals surface area contributed by atoms with Gasteiger partial charge in [-0.25, -0.2) is 8.42 Å². The molecule has 1 rings (SSSR count). The summed E-state index contributed by atoms with van der Waals surface area (Å²) in [5, 5.41) is -0.708. The summed E-state index contributed by atoms with van der Waals surface area (Å²) in [6.07, 6.45) is 2.48. The normalized spacial score (nSPS) is 23.1. The quantitative estimate of drug-likeness (QED) is 0.691. The van der Waals surface area contributed by atoms with Crippen LogP contribution >= 0.6 is 0 Å². The van der Waals surface area contributed by atoms with Gasteiger partial charge in [-0.05, 0) is 26.2 Å². The maximum absolute atomic E-state index is 12.0. The van der Waals surface area contributed by atoms with Gasteiger partial charge in [0.15, 0.2) is 9.84 Å². The summed E-state index contributed by atoms with van der Waals surface area (Å²) in [7, 11) is -2.04. The molecule has 0 bridgehead atoms. The van der Waals surface area contributed by atoms with Crippen molar-refractivity contribution < 1.29 is 22.7 Å². The van der Waals surface area contributed by atoms with E-state index in [9.17, 15) is 13.2 Å². The number of methoxy groups -OCH3 is 1. The lowest BCUT2D eigenvalue weighted by Gasteiger charge is -2.23. The van der Waals surface area contributed by atoms with Gasteiger partial charge in [0.05, 0.1) is 30.6 Å². The van der Waals surface area contributed by atoms with Gasteiger partial charge in [0.1, 0.15) is 0 Å². The third-order valence-electron chi connectivity index (χ3n) is 2.99. The molecule has 0 N–H and O–H groups in total. The summed E-state index contributed by atoms with van der Waals surface area (Å²) < 4.78 is 33.8. The second kappa shape index (κ2) is 6.35. The SMILES string of the molecule is COC(=O)CC(C)S(=O)(=O)CC1CCCCO1. The molecule has 17 heavy (non-hydrogen) atoms. The summed E-state index contributed by atoms with van der Waals surface area (Å²) >= 11 is 0. The maximum atomic E-state index is 12.0. The van der Waals surface area contributed by atoms with Crippen molar-refractivity contribution in [1.82, 2.24) is 0 Å². The summed E-state index contributed by atoms with van der Waals surface area (Å²) in [5.41, 5.74) is 0. The molecule has 100 valence electrons. The summed E-state index contributed by atoms with van der Waals surface area (Å²) in [5.74, 6) is -0.490. The predicted octanol–water partition coefficient (Wildman–Crippen LogP) is 0.922. The van der Waals surface area contributed by atoms with Gasteiger partial charge in [0.2, 0.25) is 0 Å². The number of sulfone groups is 1. The van der Waals surface area contributed by atoms with Crippen molar-refractivity contribution in [3.63, 3.8) is 0 Å². The minimum absolute atomic E-state index is 0.00512. The molecule has 0 aromatic carbocycles. The Bertz CT molecular complexity index is 343. The molecular weight excluding hydrogens is 244 g/mol. The van der Waals surface area contributed by atoms with Crippen molar-refractivity contribution in [2.75, 3.05) is 19.5 Å². The number of carbonyl (C=O) groups is 1. The van der Waals surface area contributed by atoms with E-state index in [1.807, 2.05) is 0 Å². The first-order chi connectivity index (χ1) is 7.95. The average Bonchev–Trinajstić information content (AvgIpc) is 2.29. The van der Waals surface area contributed by atoms with Crippen LogP contribution in [0.25, 0.3) is 0 Å². The number of rotatable bonds is 5. The summed E-state index contributed by atoms with van der Waals surface area (Å²) in [6.45, 7) is 2.17. The van der Waals surface area contributed by atoms with Gasteiger partial charge in [0.25, 0.3) is 0 Å². The highest BCUT2D eigenvalue weighted by atomic mass is 32.2. The zero-order valence-electron chi connectivity index (χ0n) is 10.3. The summed E-state index contributed by atoms with van der Waals surface area (Å²) in [4.78, 5) is 11.0. The van der Waals surface area contributed by atoms with Gasteiger partial charge >= 0.3 is 5.97 Å². The first-order valence-corrected chi connectivity index (χ1v) is 7.57. The molecule has 2 unspecified atom stereocenters. The number of hydrogen-bond acceptors (Lipinski definition) is 5. The maximum Gasteiger partial charge on any atom is 0.306 e. The smallest absolute Gasteiger partial charge is 0.306 e. The Hall–Kier alpha value is -0.620. The number of ether oxygens (including phenoxy) is 2. The lowest BCUT2D eigenvalue weighted by molar-refractivity contribution is -0.140. The fourth-order valence-corrected chi connectivity index (χ4v) is 3.31. The molecule has 0 radical (unpaired) electrons. The third kappa shape index (κ3) is 4.63. The van der Waals surface area contributed by atoms with Crippen LogP contribution in [0.2, 0.25) is 0 Å². The van der Waals surface area contributed by atoms with Crippen LogP contribution in [0.15, 0.2) is 0 Å². The van der Waals surface area contributed by atoms with Crippen molar-refractivity contribution in [2.45, 2.75) is 44.0 Å². The molecule has 1 aliphatic rings. The molecule has 0 aromatic heterocycles. The van der Waals surface area contributed by atoms with Gasteiger partial charge in [-0.3, -0.25) is 4.79 Å². The van der Waals surface area contributed by atoms with Crippen LogP contribution in [0.1, 0.15) is 32.6 Å². The largest absolute Gasteiger partial charge is 0.469 e. The topological polar surface area (TPSA) is 69.7 Å². The zero-order chi connectivity index (χ0) is 12.9. The molecule has 5 nitrogen and oxygen atoms in total. The second-order valence-electron chi connectivity index (χ2n) is 4.41. The average molecular weight is 264 g/mol. The van der Waals surface area contributed by atoms with Crippen LogP contribution in [-0.4, -0.2) is 45.2 Å². The van der Waals surface area contributed by atoms with Gasteiger partial charge in [-0.2, -0.15) is 0 Å². The lowest BCUT2D eigenvalue weighted by Crippen LogP contribution is -2.33. The van der Waals surface area contributed by atoms with E-state index in [1.165, 1.54) is 14.0 Å². The van der Waals surface area contributed by atoms with E-state index in [0.717, 1.165) is 19.3 Å². The number of esters is 1. The first-order valence-electron chi connectivity index (χ1n) is 5.85. The standard InChI is InChI=1S/C11H20O5S/c1-9(7-11(12)15-2)17(13,14)8-10-5-3-4-6-16-10/h9-10H,3-8H2,1-2H3. The highest BCUT2D eigenvalue weighted by molar-refractivity contribution is 7.92. The van der Waals surface area contributed by atoms with Crippen molar-refractivity contribution in [3.05, 3.63) is 0 Å². The Morgan fingerprint density at radius 2 is 2.18 bits per heavy atom. The van der Waals surface area contributed by atoms with Crippen LogP contribution in [0, 0.1) is 0 Å². The third-order valence-corrected chi connectivity index (χ3v) is 5.22. The van der Waals surface area contributed by atoms with Gasteiger partial charge in [-0.1, -0.05) is 0 Å². The van der Waals surface area contributed by atoms with E-state index >= 15 is 0 Å². The van der Waals surface area contributed by atoms with E-state index < -0.39 is 21.1 Å².